The Morgan fingerprint density at radius 3 is 2.55 bits per heavy atom. The highest BCUT2D eigenvalue weighted by atomic mass is 16.5. The molecule has 0 atom stereocenters. The van der Waals surface area contributed by atoms with Gasteiger partial charge in [-0.3, -0.25) is 9.78 Å². The van der Waals surface area contributed by atoms with E-state index in [1.807, 2.05) is 17.0 Å². The number of rotatable bonds is 3. The second-order valence-electron chi connectivity index (χ2n) is 5.19. The van der Waals surface area contributed by atoms with Crippen LogP contribution < -0.4 is 9.47 Å². The molecule has 0 unspecified atom stereocenters. The van der Waals surface area contributed by atoms with Crippen molar-refractivity contribution < 1.29 is 14.3 Å². The van der Waals surface area contributed by atoms with Crippen molar-refractivity contribution in [3.05, 3.63) is 53.3 Å². The molecule has 0 N–H and O–H groups in total. The van der Waals surface area contributed by atoms with Crippen LogP contribution in [0.1, 0.15) is 21.5 Å². The first kappa shape index (κ1) is 14.4. The Kier molecular flexibility index (Phi) is 3.96. The van der Waals surface area contributed by atoms with Crippen molar-refractivity contribution in [2.24, 2.45) is 0 Å². The lowest BCUT2D eigenvalue weighted by atomic mass is 9.98. The number of methoxy groups -OCH3 is 2. The van der Waals surface area contributed by atoms with E-state index < -0.39 is 0 Å². The van der Waals surface area contributed by atoms with Crippen molar-refractivity contribution in [3.8, 4) is 11.5 Å². The Bertz CT molecular complexity index is 686. The van der Waals surface area contributed by atoms with Crippen molar-refractivity contribution in [3.63, 3.8) is 0 Å². The molecule has 0 saturated carbocycles. The Balaban J connectivity index is 1.86. The quantitative estimate of drug-likeness (QED) is 0.872. The molecule has 0 aliphatic carbocycles. The van der Waals surface area contributed by atoms with E-state index in [0.717, 1.165) is 17.7 Å². The van der Waals surface area contributed by atoms with Gasteiger partial charge < -0.3 is 14.4 Å². The fourth-order valence-corrected chi connectivity index (χ4v) is 2.73. The van der Waals surface area contributed by atoms with Gasteiger partial charge in [0.15, 0.2) is 11.5 Å². The normalized spacial score (nSPS) is 13.5. The highest BCUT2D eigenvalue weighted by Gasteiger charge is 2.23. The minimum absolute atomic E-state index is 0.00790. The molecule has 0 fully saturated rings. The van der Waals surface area contributed by atoms with E-state index >= 15 is 0 Å². The maximum Gasteiger partial charge on any atom is 0.255 e. The van der Waals surface area contributed by atoms with Gasteiger partial charge in [-0.2, -0.15) is 0 Å². The van der Waals surface area contributed by atoms with Crippen LogP contribution >= 0.6 is 0 Å². The molecular formula is C17H18N2O3. The van der Waals surface area contributed by atoms with Crippen LogP contribution in [0.2, 0.25) is 0 Å². The summed E-state index contributed by atoms with van der Waals surface area (Å²) in [4.78, 5) is 18.4. The lowest BCUT2D eigenvalue weighted by Gasteiger charge is -2.29. The predicted molar refractivity (Wildman–Crippen MR) is 82.2 cm³/mol. The maximum absolute atomic E-state index is 12.5. The molecule has 5 heteroatoms. The first-order valence-electron chi connectivity index (χ1n) is 7.16. The number of amides is 1. The van der Waals surface area contributed by atoms with Gasteiger partial charge in [-0.15, -0.1) is 0 Å². The number of carbonyl (C=O) groups excluding carboxylic acids is 1. The second-order valence-corrected chi connectivity index (χ2v) is 5.19. The predicted octanol–water partition coefficient (Wildman–Crippen LogP) is 2.30. The van der Waals surface area contributed by atoms with Crippen LogP contribution in [-0.4, -0.2) is 36.6 Å². The Labute approximate surface area is 129 Å². The standard InChI is InChI=1S/C17H18N2O3/c1-21-15-8-12-5-7-19(11-14(12)9-16(15)22-2)17(20)13-4-3-6-18-10-13/h3-4,6,8-10H,5,7,11H2,1-2H3. The van der Waals surface area contributed by atoms with Crippen LogP contribution in [0.4, 0.5) is 0 Å². The maximum atomic E-state index is 12.5. The summed E-state index contributed by atoms with van der Waals surface area (Å²) in [5, 5.41) is 0. The zero-order valence-electron chi connectivity index (χ0n) is 12.7. The Hall–Kier alpha value is -2.56. The summed E-state index contributed by atoms with van der Waals surface area (Å²) in [7, 11) is 3.25. The van der Waals surface area contributed by atoms with Crippen molar-refractivity contribution in [1.29, 1.82) is 0 Å². The van der Waals surface area contributed by atoms with Crippen molar-refractivity contribution in [2.75, 3.05) is 20.8 Å². The van der Waals surface area contributed by atoms with E-state index in [1.54, 1.807) is 38.7 Å². The summed E-state index contributed by atoms with van der Waals surface area (Å²) in [6.07, 6.45) is 4.08. The molecule has 1 aliphatic heterocycles. The zero-order valence-corrected chi connectivity index (χ0v) is 12.7. The van der Waals surface area contributed by atoms with E-state index in [1.165, 1.54) is 5.56 Å². The molecule has 1 amide bonds. The van der Waals surface area contributed by atoms with Gasteiger partial charge in [0.1, 0.15) is 0 Å². The highest BCUT2D eigenvalue weighted by molar-refractivity contribution is 5.94. The number of fused-ring (bicyclic) bond motifs is 1. The molecule has 1 aromatic carbocycles. The Morgan fingerprint density at radius 2 is 1.91 bits per heavy atom. The summed E-state index contributed by atoms with van der Waals surface area (Å²) in [6.45, 7) is 1.26. The molecule has 22 heavy (non-hydrogen) atoms. The third-order valence-electron chi connectivity index (χ3n) is 3.91. The van der Waals surface area contributed by atoms with Crippen molar-refractivity contribution in [2.45, 2.75) is 13.0 Å². The fraction of sp³-hybridized carbons (Fsp3) is 0.294. The summed E-state index contributed by atoms with van der Waals surface area (Å²) in [5.41, 5.74) is 2.92. The van der Waals surface area contributed by atoms with Crippen LogP contribution in [0, 0.1) is 0 Å². The van der Waals surface area contributed by atoms with Gasteiger partial charge in [0.2, 0.25) is 0 Å². The van der Waals surface area contributed by atoms with Gasteiger partial charge in [-0.25, -0.2) is 0 Å². The van der Waals surface area contributed by atoms with Gasteiger partial charge in [0.25, 0.3) is 5.91 Å². The largest absolute Gasteiger partial charge is 0.493 e. The number of hydrogen-bond donors (Lipinski definition) is 0. The number of aromatic nitrogens is 1. The summed E-state index contributed by atoms with van der Waals surface area (Å²) >= 11 is 0. The summed E-state index contributed by atoms with van der Waals surface area (Å²) < 4.78 is 10.7. The molecular weight excluding hydrogens is 280 g/mol. The molecule has 2 aromatic rings. The number of benzene rings is 1. The molecule has 5 nitrogen and oxygen atoms in total. The molecule has 0 radical (unpaired) electrons. The minimum Gasteiger partial charge on any atom is -0.493 e. The Morgan fingerprint density at radius 1 is 1.18 bits per heavy atom. The molecule has 114 valence electrons. The minimum atomic E-state index is 0.00790. The molecule has 1 aliphatic rings. The van der Waals surface area contributed by atoms with E-state index in [-0.39, 0.29) is 5.91 Å². The summed E-state index contributed by atoms with van der Waals surface area (Å²) in [5.74, 6) is 1.43. The van der Waals surface area contributed by atoms with Crippen LogP contribution in [0.3, 0.4) is 0 Å². The number of ether oxygens (including phenoxy) is 2. The highest BCUT2D eigenvalue weighted by Crippen LogP contribution is 2.33. The van der Waals surface area contributed by atoms with E-state index in [4.69, 9.17) is 9.47 Å². The van der Waals surface area contributed by atoms with Crippen LogP contribution in [0.15, 0.2) is 36.7 Å². The molecule has 0 saturated heterocycles. The van der Waals surface area contributed by atoms with Crippen molar-refractivity contribution >= 4 is 5.91 Å². The molecule has 3 rings (SSSR count). The summed E-state index contributed by atoms with van der Waals surface area (Å²) in [6, 6.07) is 7.52. The van der Waals surface area contributed by atoms with Crippen molar-refractivity contribution in [1.82, 2.24) is 9.88 Å². The topological polar surface area (TPSA) is 51.7 Å². The lowest BCUT2D eigenvalue weighted by molar-refractivity contribution is 0.0734. The van der Waals surface area contributed by atoms with Gasteiger partial charge in [-0.05, 0) is 41.8 Å². The third-order valence-corrected chi connectivity index (χ3v) is 3.91. The van der Waals surface area contributed by atoms with E-state index in [0.29, 0.717) is 24.4 Å². The lowest BCUT2D eigenvalue weighted by Crippen LogP contribution is -2.36. The fourth-order valence-electron chi connectivity index (χ4n) is 2.73. The number of nitrogens with zero attached hydrogens (tertiary/aromatic N) is 2. The molecule has 0 bridgehead atoms. The molecule has 1 aromatic heterocycles. The van der Waals surface area contributed by atoms with Crippen LogP contribution in [-0.2, 0) is 13.0 Å². The van der Waals surface area contributed by atoms with E-state index in [9.17, 15) is 4.79 Å². The zero-order chi connectivity index (χ0) is 15.5. The average molecular weight is 298 g/mol. The average Bonchev–Trinajstić information content (AvgIpc) is 2.60. The molecule has 0 spiro atoms. The van der Waals surface area contributed by atoms with Crippen LogP contribution in [0.25, 0.3) is 0 Å². The first-order chi connectivity index (χ1) is 10.7. The number of pyridine rings is 1. The van der Waals surface area contributed by atoms with E-state index in [2.05, 4.69) is 4.98 Å². The SMILES string of the molecule is COc1cc2c(cc1OC)CN(C(=O)c1cccnc1)CC2. The second kappa shape index (κ2) is 6.05. The van der Waals surface area contributed by atoms with Gasteiger partial charge in [0.05, 0.1) is 19.8 Å². The third kappa shape index (κ3) is 2.62. The van der Waals surface area contributed by atoms with Crippen LogP contribution in [0.5, 0.6) is 11.5 Å². The van der Waals surface area contributed by atoms with Gasteiger partial charge in [0, 0.05) is 25.5 Å². The van der Waals surface area contributed by atoms with Gasteiger partial charge >= 0.3 is 0 Å². The monoisotopic (exact) mass is 298 g/mol. The first-order valence-corrected chi connectivity index (χ1v) is 7.16. The number of hydrogen-bond acceptors (Lipinski definition) is 4. The smallest absolute Gasteiger partial charge is 0.255 e. The molecule has 2 heterocycles. The van der Waals surface area contributed by atoms with Gasteiger partial charge in [-0.1, -0.05) is 0 Å². The number of carbonyl (C=O) groups is 1.